The maximum Gasteiger partial charge on any atom is 0.284 e. The summed E-state index contributed by atoms with van der Waals surface area (Å²) in [6.45, 7) is 0. The minimum Gasteiger partial charge on any atom is -0.449 e. The maximum absolute atomic E-state index is 10.9. The van der Waals surface area contributed by atoms with E-state index in [4.69, 9.17) is 10.2 Å². The Hall–Kier alpha value is -2.23. The first-order chi connectivity index (χ1) is 7.25. The van der Waals surface area contributed by atoms with Gasteiger partial charge in [0.15, 0.2) is 11.3 Å². The van der Waals surface area contributed by atoms with Crippen LogP contribution in [0.3, 0.4) is 0 Å². The summed E-state index contributed by atoms with van der Waals surface area (Å²) in [5.74, 6) is -0.370. The number of hydrogen-bond donors (Lipinski definition) is 2. The lowest BCUT2D eigenvalue weighted by Gasteiger charge is -1.88. The molecular formula is C11H8N2O2. The van der Waals surface area contributed by atoms with Gasteiger partial charge >= 0.3 is 0 Å². The third-order valence-corrected chi connectivity index (χ3v) is 2.42. The third-order valence-electron chi connectivity index (χ3n) is 2.42. The Morgan fingerprint density at radius 3 is 2.87 bits per heavy atom. The minimum absolute atomic E-state index is 0.182. The molecule has 0 saturated carbocycles. The average molecular weight is 200 g/mol. The second-order valence-electron chi connectivity index (χ2n) is 3.39. The van der Waals surface area contributed by atoms with E-state index in [1.54, 1.807) is 6.07 Å². The fraction of sp³-hybridized carbons (Fsp3) is 0. The summed E-state index contributed by atoms with van der Waals surface area (Å²) in [4.78, 5) is 14.1. The van der Waals surface area contributed by atoms with E-state index >= 15 is 0 Å². The van der Waals surface area contributed by atoms with Gasteiger partial charge in [0.05, 0.1) is 5.52 Å². The predicted molar refractivity (Wildman–Crippen MR) is 56.6 cm³/mol. The van der Waals surface area contributed by atoms with Crippen LogP contribution < -0.4 is 5.73 Å². The average Bonchev–Trinajstić information content (AvgIpc) is 2.73. The van der Waals surface area contributed by atoms with Crippen LogP contribution in [0.2, 0.25) is 0 Å². The van der Waals surface area contributed by atoms with Gasteiger partial charge in [-0.1, -0.05) is 12.1 Å². The second-order valence-corrected chi connectivity index (χ2v) is 3.39. The van der Waals surface area contributed by atoms with Gasteiger partial charge in [0.2, 0.25) is 0 Å². The normalized spacial score (nSPS) is 11.2. The minimum atomic E-state index is -0.552. The standard InChI is InChI=1S/C11H8N2O2/c12-11(14)9-5-8-10(15-9)6-3-1-2-4-7(6)13-8/h1-5,13H,(H2,12,14). The zero-order valence-electron chi connectivity index (χ0n) is 7.78. The first-order valence-corrected chi connectivity index (χ1v) is 4.56. The van der Waals surface area contributed by atoms with Crippen LogP contribution in [0.1, 0.15) is 10.6 Å². The molecule has 3 N–H and O–H groups in total. The summed E-state index contributed by atoms with van der Waals surface area (Å²) >= 11 is 0. The highest BCUT2D eigenvalue weighted by Crippen LogP contribution is 2.27. The summed E-state index contributed by atoms with van der Waals surface area (Å²) < 4.78 is 5.38. The molecule has 0 radical (unpaired) electrons. The Balaban J connectivity index is 2.42. The number of amides is 1. The lowest BCUT2D eigenvalue weighted by Crippen LogP contribution is -2.09. The molecule has 4 nitrogen and oxygen atoms in total. The van der Waals surface area contributed by atoms with Gasteiger partial charge in [0, 0.05) is 17.0 Å². The summed E-state index contributed by atoms with van der Waals surface area (Å²) in [6, 6.07) is 9.36. The van der Waals surface area contributed by atoms with E-state index in [2.05, 4.69) is 4.98 Å². The van der Waals surface area contributed by atoms with Crippen LogP contribution in [0.5, 0.6) is 0 Å². The summed E-state index contributed by atoms with van der Waals surface area (Å²) in [5, 5.41) is 0.958. The number of primary amides is 1. The van der Waals surface area contributed by atoms with Crippen molar-refractivity contribution in [2.45, 2.75) is 0 Å². The van der Waals surface area contributed by atoms with Gasteiger partial charge in [-0.25, -0.2) is 0 Å². The first kappa shape index (κ1) is 8.11. The van der Waals surface area contributed by atoms with Gasteiger partial charge < -0.3 is 15.1 Å². The Morgan fingerprint density at radius 1 is 1.27 bits per heavy atom. The van der Waals surface area contributed by atoms with E-state index in [1.807, 2.05) is 24.3 Å². The van der Waals surface area contributed by atoms with Crippen molar-refractivity contribution >= 4 is 27.9 Å². The van der Waals surface area contributed by atoms with E-state index in [1.165, 1.54) is 0 Å². The molecule has 2 aromatic heterocycles. The van der Waals surface area contributed by atoms with Crippen LogP contribution >= 0.6 is 0 Å². The molecule has 2 heterocycles. The molecule has 15 heavy (non-hydrogen) atoms. The van der Waals surface area contributed by atoms with Gasteiger partial charge in [-0.2, -0.15) is 0 Å². The van der Waals surface area contributed by atoms with Crippen LogP contribution in [-0.4, -0.2) is 10.9 Å². The van der Waals surface area contributed by atoms with Gasteiger partial charge in [-0.15, -0.1) is 0 Å². The van der Waals surface area contributed by atoms with E-state index in [9.17, 15) is 4.79 Å². The molecule has 74 valence electrons. The van der Waals surface area contributed by atoms with Crippen molar-refractivity contribution in [1.82, 2.24) is 4.98 Å². The Labute approximate surface area is 84.7 Å². The number of aromatic nitrogens is 1. The number of para-hydroxylation sites is 1. The number of benzene rings is 1. The SMILES string of the molecule is NC(=O)c1cc2[nH]c3ccccc3c2o1. The molecule has 0 spiro atoms. The van der Waals surface area contributed by atoms with Crippen molar-refractivity contribution in [3.05, 3.63) is 36.1 Å². The highest BCUT2D eigenvalue weighted by Gasteiger charge is 2.12. The molecule has 0 aliphatic rings. The molecule has 1 amide bonds. The van der Waals surface area contributed by atoms with E-state index in [0.29, 0.717) is 5.58 Å². The predicted octanol–water partition coefficient (Wildman–Crippen LogP) is 2.01. The largest absolute Gasteiger partial charge is 0.449 e. The van der Waals surface area contributed by atoms with Crippen LogP contribution in [0.4, 0.5) is 0 Å². The number of fused-ring (bicyclic) bond motifs is 3. The highest BCUT2D eigenvalue weighted by molar-refractivity contribution is 6.06. The summed E-state index contributed by atoms with van der Waals surface area (Å²) in [5.41, 5.74) is 7.60. The van der Waals surface area contributed by atoms with Crippen molar-refractivity contribution in [1.29, 1.82) is 0 Å². The lowest BCUT2D eigenvalue weighted by atomic mass is 10.2. The number of hydrogen-bond acceptors (Lipinski definition) is 2. The van der Waals surface area contributed by atoms with Gasteiger partial charge in [0.25, 0.3) is 5.91 Å². The molecule has 3 rings (SSSR count). The Morgan fingerprint density at radius 2 is 2.07 bits per heavy atom. The fourth-order valence-corrected chi connectivity index (χ4v) is 1.74. The second kappa shape index (κ2) is 2.63. The Kier molecular flexibility index (Phi) is 1.42. The topological polar surface area (TPSA) is 72.0 Å². The molecule has 0 aliphatic carbocycles. The zero-order chi connectivity index (χ0) is 10.4. The van der Waals surface area contributed by atoms with E-state index < -0.39 is 5.91 Å². The van der Waals surface area contributed by atoms with Crippen LogP contribution in [0, 0.1) is 0 Å². The zero-order valence-corrected chi connectivity index (χ0v) is 7.78. The molecule has 1 aromatic carbocycles. The molecule has 0 bridgehead atoms. The van der Waals surface area contributed by atoms with Crippen molar-refractivity contribution in [3.8, 4) is 0 Å². The number of rotatable bonds is 1. The van der Waals surface area contributed by atoms with Crippen molar-refractivity contribution < 1.29 is 9.21 Å². The third kappa shape index (κ3) is 1.05. The lowest BCUT2D eigenvalue weighted by molar-refractivity contribution is 0.0976. The van der Waals surface area contributed by atoms with Crippen molar-refractivity contribution in [2.75, 3.05) is 0 Å². The number of carbonyl (C=O) groups is 1. The fourth-order valence-electron chi connectivity index (χ4n) is 1.74. The number of nitrogens with two attached hydrogens (primary N) is 1. The highest BCUT2D eigenvalue weighted by atomic mass is 16.3. The molecule has 0 saturated heterocycles. The molecule has 0 unspecified atom stereocenters. The van der Waals surface area contributed by atoms with Gasteiger partial charge in [0.1, 0.15) is 0 Å². The molecule has 0 fully saturated rings. The maximum atomic E-state index is 10.9. The summed E-state index contributed by atoms with van der Waals surface area (Å²) in [7, 11) is 0. The van der Waals surface area contributed by atoms with Crippen molar-refractivity contribution in [3.63, 3.8) is 0 Å². The van der Waals surface area contributed by atoms with Crippen LogP contribution in [-0.2, 0) is 0 Å². The van der Waals surface area contributed by atoms with Gasteiger partial charge in [-0.3, -0.25) is 4.79 Å². The number of carbonyl (C=O) groups excluding carboxylic acids is 1. The quantitative estimate of drug-likeness (QED) is 0.630. The molecular weight excluding hydrogens is 192 g/mol. The van der Waals surface area contributed by atoms with Gasteiger partial charge in [-0.05, 0) is 12.1 Å². The number of nitrogens with one attached hydrogen (secondary N) is 1. The number of furan rings is 1. The van der Waals surface area contributed by atoms with Crippen LogP contribution in [0.25, 0.3) is 22.0 Å². The van der Waals surface area contributed by atoms with Crippen molar-refractivity contribution in [2.24, 2.45) is 5.73 Å². The number of aromatic amines is 1. The smallest absolute Gasteiger partial charge is 0.284 e. The molecule has 3 aromatic rings. The molecule has 4 heteroatoms. The Bertz CT molecular complexity index is 663. The summed E-state index contributed by atoms with van der Waals surface area (Å²) in [6.07, 6.45) is 0. The molecule has 0 aliphatic heterocycles. The molecule has 0 atom stereocenters. The van der Waals surface area contributed by atoms with E-state index in [0.717, 1.165) is 16.4 Å². The first-order valence-electron chi connectivity index (χ1n) is 4.56. The van der Waals surface area contributed by atoms with E-state index in [-0.39, 0.29) is 5.76 Å². The number of H-pyrrole nitrogens is 1. The van der Waals surface area contributed by atoms with Crippen LogP contribution in [0.15, 0.2) is 34.7 Å². The monoisotopic (exact) mass is 200 g/mol.